The summed E-state index contributed by atoms with van der Waals surface area (Å²) in [5.74, 6) is -2.24. The summed E-state index contributed by atoms with van der Waals surface area (Å²) in [4.78, 5) is 76.6. The minimum atomic E-state index is -1.16. The van der Waals surface area contributed by atoms with Gasteiger partial charge in [-0.15, -0.1) is 0 Å². The van der Waals surface area contributed by atoms with Crippen molar-refractivity contribution in [1.29, 1.82) is 0 Å². The van der Waals surface area contributed by atoms with Crippen molar-refractivity contribution < 1.29 is 28.8 Å². The van der Waals surface area contributed by atoms with Gasteiger partial charge in [0.1, 0.15) is 12.1 Å². The molecule has 12 heteroatoms. The van der Waals surface area contributed by atoms with Crippen LogP contribution in [-0.2, 0) is 24.0 Å². The van der Waals surface area contributed by atoms with Gasteiger partial charge in [-0.05, 0) is 43.9 Å². The molecule has 5 N–H and O–H groups in total. The highest BCUT2D eigenvalue weighted by Gasteiger charge is 2.42. The molecule has 6 amide bonds. The molecular formula is C34H66N6O6. The molecule has 3 fully saturated rings. The SMILES string of the molecule is CC.CC(NC(=O)C1CCCN1C(=O)C(NC(=O)NCC(=O)N(C)C1CC1)C(C)(C)C)C(=O)C(N)=O.CC1CC1.CCC.CCC. The number of rotatable bonds is 9. The molecular weight excluding hydrogens is 588 g/mol. The van der Waals surface area contributed by atoms with Crippen LogP contribution in [0, 0.1) is 11.3 Å². The topological polar surface area (TPSA) is 171 Å². The van der Waals surface area contributed by atoms with E-state index in [1.165, 1.54) is 37.5 Å². The number of nitrogens with one attached hydrogen (secondary N) is 3. The van der Waals surface area contributed by atoms with E-state index >= 15 is 0 Å². The van der Waals surface area contributed by atoms with Crippen molar-refractivity contribution >= 4 is 35.4 Å². The largest absolute Gasteiger partial charge is 0.363 e. The normalized spacial score (nSPS) is 17.7. The summed E-state index contributed by atoms with van der Waals surface area (Å²) in [6, 6.07) is -3.37. The van der Waals surface area contributed by atoms with Gasteiger partial charge in [0.25, 0.3) is 5.91 Å². The Hall–Kier alpha value is -3.18. The van der Waals surface area contributed by atoms with Crippen LogP contribution in [0.15, 0.2) is 0 Å². The number of urea groups is 1. The number of primary amides is 1. The molecule has 0 aromatic heterocycles. The summed E-state index contributed by atoms with van der Waals surface area (Å²) in [5, 5.41) is 7.59. The number of amides is 6. The van der Waals surface area contributed by atoms with Crippen molar-refractivity contribution in [3.05, 3.63) is 0 Å². The van der Waals surface area contributed by atoms with Crippen LogP contribution in [0.3, 0.4) is 0 Å². The van der Waals surface area contributed by atoms with Gasteiger partial charge in [-0.3, -0.25) is 24.0 Å². The van der Waals surface area contributed by atoms with E-state index in [4.69, 9.17) is 5.73 Å². The lowest BCUT2D eigenvalue weighted by atomic mass is 9.85. The van der Waals surface area contributed by atoms with Crippen LogP contribution < -0.4 is 21.7 Å². The number of nitrogens with zero attached hydrogens (tertiary/aromatic N) is 2. The number of likely N-dealkylation sites (tertiary alicyclic amines) is 1. The summed E-state index contributed by atoms with van der Waals surface area (Å²) in [5.41, 5.74) is 4.29. The minimum Gasteiger partial charge on any atom is -0.363 e. The van der Waals surface area contributed by atoms with Crippen LogP contribution in [0.4, 0.5) is 4.79 Å². The van der Waals surface area contributed by atoms with Gasteiger partial charge in [0, 0.05) is 19.6 Å². The maximum Gasteiger partial charge on any atom is 0.315 e. The van der Waals surface area contributed by atoms with Gasteiger partial charge >= 0.3 is 6.03 Å². The maximum atomic E-state index is 13.4. The number of ketones is 1. The molecule has 3 rings (SSSR count). The fourth-order valence-corrected chi connectivity index (χ4v) is 4.00. The molecule has 46 heavy (non-hydrogen) atoms. The summed E-state index contributed by atoms with van der Waals surface area (Å²) in [6.07, 6.45) is 8.32. The Labute approximate surface area is 278 Å². The van der Waals surface area contributed by atoms with E-state index in [0.717, 1.165) is 18.8 Å². The van der Waals surface area contributed by atoms with E-state index < -0.39 is 53.1 Å². The van der Waals surface area contributed by atoms with E-state index in [1.807, 2.05) is 13.8 Å². The zero-order valence-electron chi connectivity index (χ0n) is 30.9. The van der Waals surface area contributed by atoms with Gasteiger partial charge in [0.15, 0.2) is 0 Å². The second kappa shape index (κ2) is 23.2. The van der Waals surface area contributed by atoms with Crippen molar-refractivity contribution in [3.8, 4) is 0 Å². The number of carbonyl (C=O) groups is 6. The lowest BCUT2D eigenvalue weighted by Crippen LogP contribution is -2.60. The number of hydrogen-bond donors (Lipinski definition) is 4. The predicted octanol–water partition coefficient (Wildman–Crippen LogP) is 4.15. The average Bonchev–Trinajstić information content (AvgIpc) is 3.93. The van der Waals surface area contributed by atoms with E-state index in [2.05, 4.69) is 50.6 Å². The Balaban J connectivity index is 0. The monoisotopic (exact) mass is 655 g/mol. The summed E-state index contributed by atoms with van der Waals surface area (Å²) >= 11 is 0. The smallest absolute Gasteiger partial charge is 0.315 e. The first-order valence-electron chi connectivity index (χ1n) is 17.2. The maximum absolute atomic E-state index is 13.4. The summed E-state index contributed by atoms with van der Waals surface area (Å²) in [6.45, 7) is 21.6. The third-order valence-corrected chi connectivity index (χ3v) is 6.98. The molecule has 0 spiro atoms. The van der Waals surface area contributed by atoms with Crippen LogP contribution in [-0.4, -0.2) is 89.5 Å². The first kappa shape index (κ1) is 44.9. The van der Waals surface area contributed by atoms with Crippen LogP contribution in [0.5, 0.6) is 0 Å². The van der Waals surface area contributed by atoms with Gasteiger partial charge in [0.2, 0.25) is 23.5 Å². The van der Waals surface area contributed by atoms with Crippen molar-refractivity contribution in [2.24, 2.45) is 17.1 Å². The molecule has 3 atom stereocenters. The van der Waals surface area contributed by atoms with Crippen LogP contribution >= 0.6 is 0 Å². The van der Waals surface area contributed by atoms with Gasteiger partial charge in [-0.25, -0.2) is 4.79 Å². The van der Waals surface area contributed by atoms with E-state index in [0.29, 0.717) is 19.4 Å². The molecule has 3 unspecified atom stereocenters. The van der Waals surface area contributed by atoms with Gasteiger partial charge < -0.3 is 31.5 Å². The molecule has 268 valence electrons. The molecule has 1 aliphatic heterocycles. The lowest BCUT2D eigenvalue weighted by Gasteiger charge is -2.35. The average molecular weight is 655 g/mol. The van der Waals surface area contributed by atoms with Crippen molar-refractivity contribution in [3.63, 3.8) is 0 Å². The summed E-state index contributed by atoms with van der Waals surface area (Å²) < 4.78 is 0. The molecule has 2 saturated carbocycles. The van der Waals surface area contributed by atoms with Crippen molar-refractivity contribution in [1.82, 2.24) is 25.8 Å². The van der Waals surface area contributed by atoms with E-state index in [-0.39, 0.29) is 18.5 Å². The zero-order valence-corrected chi connectivity index (χ0v) is 30.9. The fourth-order valence-electron chi connectivity index (χ4n) is 4.00. The van der Waals surface area contributed by atoms with Crippen LogP contribution in [0.2, 0.25) is 0 Å². The highest BCUT2D eigenvalue weighted by atomic mass is 16.2. The number of likely N-dealkylation sites (N-methyl/N-ethyl adjacent to an activating group) is 1. The number of Topliss-reactive ketones (excluding diaryl/α,β-unsaturated/α-hetero) is 1. The van der Waals surface area contributed by atoms with Crippen LogP contribution in [0.25, 0.3) is 0 Å². The van der Waals surface area contributed by atoms with Gasteiger partial charge in [-0.2, -0.15) is 0 Å². The number of nitrogens with two attached hydrogens (primary N) is 1. The minimum absolute atomic E-state index is 0.190. The third kappa shape index (κ3) is 18.1. The quantitative estimate of drug-likeness (QED) is 0.272. The molecule has 0 aromatic carbocycles. The second-order valence-electron chi connectivity index (χ2n) is 13.1. The number of carbonyl (C=O) groups excluding carboxylic acids is 6. The van der Waals surface area contributed by atoms with Crippen LogP contribution in [0.1, 0.15) is 128 Å². The molecule has 3 aliphatic rings. The molecule has 0 bridgehead atoms. The zero-order chi connectivity index (χ0) is 36.2. The first-order valence-corrected chi connectivity index (χ1v) is 17.2. The summed E-state index contributed by atoms with van der Waals surface area (Å²) in [7, 11) is 1.69. The van der Waals surface area contributed by atoms with Gasteiger partial charge in [-0.1, -0.05) is 94.9 Å². The molecule has 1 heterocycles. The van der Waals surface area contributed by atoms with Crippen molar-refractivity contribution in [2.75, 3.05) is 20.1 Å². The highest BCUT2D eigenvalue weighted by Crippen LogP contribution is 2.27. The molecule has 2 aliphatic carbocycles. The second-order valence-corrected chi connectivity index (χ2v) is 13.1. The number of hydrogen-bond acceptors (Lipinski definition) is 6. The fraction of sp³-hybridized carbons (Fsp3) is 0.824. The standard InChI is InChI=1S/C22H36N6O6.C4H8.2C3H8.C2H6/c1-12(16(30)18(23)31)25-19(32)14-7-6-10-28(14)20(33)17(22(2,3)4)26-21(34)24-11-15(29)27(5)13-8-9-13;1-4-2-3-4;2*1-3-2;1-2/h12-14,17H,6-11H2,1-5H3,(H2,23,31)(H,25,32)(H2,24,26,34);4H,2-3H2,1H3;2*3H2,1-2H3;1-2H3. The highest BCUT2D eigenvalue weighted by molar-refractivity contribution is 6.37. The molecule has 1 saturated heterocycles. The van der Waals surface area contributed by atoms with Crippen molar-refractivity contribution in [2.45, 2.75) is 152 Å². The third-order valence-electron chi connectivity index (χ3n) is 6.98. The molecule has 0 radical (unpaired) electrons. The Morgan fingerprint density at radius 1 is 0.891 bits per heavy atom. The predicted molar refractivity (Wildman–Crippen MR) is 184 cm³/mol. The van der Waals surface area contributed by atoms with E-state index in [1.54, 1.807) is 32.7 Å². The lowest BCUT2D eigenvalue weighted by molar-refractivity contribution is -0.143. The Morgan fingerprint density at radius 3 is 1.76 bits per heavy atom. The first-order chi connectivity index (χ1) is 21.5. The van der Waals surface area contributed by atoms with E-state index in [9.17, 15) is 28.8 Å². The molecule has 12 nitrogen and oxygen atoms in total. The van der Waals surface area contributed by atoms with Gasteiger partial charge in [0.05, 0.1) is 12.6 Å². The Kier molecular flexibility index (Phi) is 22.7. The Morgan fingerprint density at radius 2 is 1.37 bits per heavy atom. The molecule has 0 aromatic rings. The Bertz CT molecular complexity index is 956.